The van der Waals surface area contributed by atoms with Crippen LogP contribution in [0.1, 0.15) is 40.0 Å². The highest BCUT2D eigenvalue weighted by Crippen LogP contribution is 2.05. The van der Waals surface area contributed by atoms with E-state index in [1.165, 1.54) is 0 Å². The molecule has 5 N–H and O–H groups in total. The van der Waals surface area contributed by atoms with Crippen molar-refractivity contribution in [1.82, 2.24) is 10.6 Å². The van der Waals surface area contributed by atoms with E-state index >= 15 is 0 Å². The number of aliphatic hydroxyl groups is 1. The van der Waals surface area contributed by atoms with E-state index in [0.717, 1.165) is 0 Å². The Morgan fingerprint density at radius 3 is 2.33 bits per heavy atom. The lowest BCUT2D eigenvalue weighted by molar-refractivity contribution is -0.123. The molecule has 0 heterocycles. The number of hydrogen-bond acceptors (Lipinski definition) is 3. The summed E-state index contributed by atoms with van der Waals surface area (Å²) in [6.07, 6.45) is 1.52. The van der Waals surface area contributed by atoms with Gasteiger partial charge in [0, 0.05) is 6.54 Å². The van der Waals surface area contributed by atoms with Crippen molar-refractivity contribution in [2.75, 3.05) is 6.54 Å². The SMILES string of the molecule is CC(C)CC(NC(N)=O)C(=O)NCCCC(C)O. The van der Waals surface area contributed by atoms with Crippen molar-refractivity contribution in [2.45, 2.75) is 52.2 Å². The first-order valence-electron chi connectivity index (χ1n) is 6.34. The molecule has 3 amide bonds. The van der Waals surface area contributed by atoms with E-state index in [1.54, 1.807) is 6.92 Å². The van der Waals surface area contributed by atoms with Gasteiger partial charge in [0.05, 0.1) is 6.10 Å². The fourth-order valence-corrected chi connectivity index (χ4v) is 1.61. The third-order valence-corrected chi connectivity index (χ3v) is 2.44. The lowest BCUT2D eigenvalue weighted by atomic mass is 10.0. The molecule has 0 aliphatic heterocycles. The number of primary amides is 1. The monoisotopic (exact) mass is 259 g/mol. The first-order chi connectivity index (χ1) is 8.32. The fraction of sp³-hybridized carbons (Fsp3) is 0.833. The summed E-state index contributed by atoms with van der Waals surface area (Å²) in [4.78, 5) is 22.6. The van der Waals surface area contributed by atoms with Crippen molar-refractivity contribution in [3.63, 3.8) is 0 Å². The van der Waals surface area contributed by atoms with E-state index in [-0.39, 0.29) is 17.9 Å². The molecule has 2 atom stereocenters. The van der Waals surface area contributed by atoms with Gasteiger partial charge in [-0.05, 0) is 32.1 Å². The van der Waals surface area contributed by atoms with E-state index in [9.17, 15) is 9.59 Å². The van der Waals surface area contributed by atoms with Gasteiger partial charge in [0.1, 0.15) is 6.04 Å². The largest absolute Gasteiger partial charge is 0.393 e. The molecule has 6 heteroatoms. The summed E-state index contributed by atoms with van der Waals surface area (Å²) in [6, 6.07) is -1.28. The van der Waals surface area contributed by atoms with Crippen LogP contribution in [0, 0.1) is 5.92 Å². The van der Waals surface area contributed by atoms with Crippen LogP contribution >= 0.6 is 0 Å². The molecular formula is C12H25N3O3. The van der Waals surface area contributed by atoms with Crippen molar-refractivity contribution >= 4 is 11.9 Å². The number of hydrogen-bond donors (Lipinski definition) is 4. The second kappa shape index (κ2) is 8.74. The van der Waals surface area contributed by atoms with Crippen LogP contribution in [-0.4, -0.2) is 35.7 Å². The predicted octanol–water partition coefficient (Wildman–Crippen LogP) is 0.347. The molecule has 0 saturated carbocycles. The van der Waals surface area contributed by atoms with Crippen molar-refractivity contribution in [3.8, 4) is 0 Å². The second-order valence-corrected chi connectivity index (χ2v) is 4.97. The molecule has 0 aliphatic rings. The number of amides is 3. The normalized spacial score (nSPS) is 14.1. The Hall–Kier alpha value is -1.30. The molecule has 0 aromatic heterocycles. The first-order valence-corrected chi connectivity index (χ1v) is 6.34. The van der Waals surface area contributed by atoms with E-state index in [4.69, 9.17) is 10.8 Å². The number of urea groups is 1. The maximum atomic E-state index is 11.8. The summed E-state index contributed by atoms with van der Waals surface area (Å²) in [7, 11) is 0. The molecule has 6 nitrogen and oxygen atoms in total. The molecular weight excluding hydrogens is 234 g/mol. The van der Waals surface area contributed by atoms with Gasteiger partial charge in [0.2, 0.25) is 5.91 Å². The number of rotatable bonds is 8. The quantitative estimate of drug-likeness (QED) is 0.473. The number of nitrogens with one attached hydrogen (secondary N) is 2. The smallest absolute Gasteiger partial charge is 0.312 e. The third kappa shape index (κ3) is 8.81. The van der Waals surface area contributed by atoms with Crippen LogP contribution in [0.4, 0.5) is 4.79 Å². The Morgan fingerprint density at radius 2 is 1.89 bits per heavy atom. The van der Waals surface area contributed by atoms with E-state index in [2.05, 4.69) is 10.6 Å². The topological polar surface area (TPSA) is 104 Å². The molecule has 0 spiro atoms. The molecule has 0 rings (SSSR count). The number of nitrogens with two attached hydrogens (primary N) is 1. The average Bonchev–Trinajstić information content (AvgIpc) is 2.21. The second-order valence-electron chi connectivity index (χ2n) is 4.97. The maximum Gasteiger partial charge on any atom is 0.312 e. The number of carbonyl (C=O) groups excluding carboxylic acids is 2. The van der Waals surface area contributed by atoms with Gasteiger partial charge in [-0.3, -0.25) is 4.79 Å². The number of carbonyl (C=O) groups is 2. The van der Waals surface area contributed by atoms with Crippen LogP contribution < -0.4 is 16.4 Å². The minimum Gasteiger partial charge on any atom is -0.393 e. The number of aliphatic hydroxyl groups excluding tert-OH is 1. The van der Waals surface area contributed by atoms with Gasteiger partial charge in [-0.2, -0.15) is 0 Å². The minimum atomic E-state index is -0.695. The molecule has 0 bridgehead atoms. The van der Waals surface area contributed by atoms with Crippen LogP contribution in [-0.2, 0) is 4.79 Å². The van der Waals surface area contributed by atoms with E-state index in [1.807, 2.05) is 13.8 Å². The molecule has 0 radical (unpaired) electrons. The van der Waals surface area contributed by atoms with Crippen LogP contribution in [0.25, 0.3) is 0 Å². The van der Waals surface area contributed by atoms with Gasteiger partial charge in [-0.1, -0.05) is 13.8 Å². The molecule has 2 unspecified atom stereocenters. The zero-order valence-electron chi connectivity index (χ0n) is 11.4. The standard InChI is InChI=1S/C12H25N3O3/c1-8(2)7-10(15-12(13)18)11(17)14-6-4-5-9(3)16/h8-10,16H,4-7H2,1-3H3,(H,14,17)(H3,13,15,18). The predicted molar refractivity (Wildman–Crippen MR) is 69.9 cm³/mol. The Morgan fingerprint density at radius 1 is 1.28 bits per heavy atom. The van der Waals surface area contributed by atoms with E-state index in [0.29, 0.717) is 25.8 Å². The third-order valence-electron chi connectivity index (χ3n) is 2.44. The highest BCUT2D eigenvalue weighted by Gasteiger charge is 2.20. The summed E-state index contributed by atoms with van der Waals surface area (Å²) < 4.78 is 0. The summed E-state index contributed by atoms with van der Waals surface area (Å²) >= 11 is 0. The zero-order valence-corrected chi connectivity index (χ0v) is 11.4. The Balaban J connectivity index is 4.08. The van der Waals surface area contributed by atoms with Gasteiger partial charge >= 0.3 is 6.03 Å². The average molecular weight is 259 g/mol. The Labute approximate surface area is 108 Å². The van der Waals surface area contributed by atoms with Gasteiger partial charge in [-0.25, -0.2) is 4.79 Å². The maximum absolute atomic E-state index is 11.8. The van der Waals surface area contributed by atoms with Crippen molar-refractivity contribution in [1.29, 1.82) is 0 Å². The van der Waals surface area contributed by atoms with Crippen LogP contribution in [0.3, 0.4) is 0 Å². The molecule has 18 heavy (non-hydrogen) atoms. The molecule has 0 fully saturated rings. The summed E-state index contributed by atoms with van der Waals surface area (Å²) in [5.74, 6) is 0.0538. The summed E-state index contributed by atoms with van der Waals surface area (Å²) in [6.45, 7) is 6.13. The lowest BCUT2D eigenvalue weighted by Gasteiger charge is -2.19. The van der Waals surface area contributed by atoms with Gasteiger partial charge in [-0.15, -0.1) is 0 Å². The molecule has 0 aromatic carbocycles. The van der Waals surface area contributed by atoms with Crippen molar-refractivity contribution < 1.29 is 14.7 Å². The van der Waals surface area contributed by atoms with Crippen LogP contribution in [0.5, 0.6) is 0 Å². The highest BCUT2D eigenvalue weighted by molar-refractivity contribution is 5.86. The highest BCUT2D eigenvalue weighted by atomic mass is 16.3. The first kappa shape index (κ1) is 16.7. The lowest BCUT2D eigenvalue weighted by Crippen LogP contribution is -2.49. The van der Waals surface area contributed by atoms with E-state index < -0.39 is 12.1 Å². The minimum absolute atomic E-state index is 0.229. The van der Waals surface area contributed by atoms with Crippen molar-refractivity contribution in [2.24, 2.45) is 11.7 Å². The summed E-state index contributed by atoms with van der Waals surface area (Å²) in [5, 5.41) is 14.2. The van der Waals surface area contributed by atoms with Crippen molar-refractivity contribution in [3.05, 3.63) is 0 Å². The fourth-order valence-electron chi connectivity index (χ4n) is 1.61. The van der Waals surface area contributed by atoms with Gasteiger partial charge in [0.15, 0.2) is 0 Å². The molecule has 0 aliphatic carbocycles. The molecule has 106 valence electrons. The van der Waals surface area contributed by atoms with Gasteiger partial charge in [0.25, 0.3) is 0 Å². The van der Waals surface area contributed by atoms with Gasteiger partial charge < -0.3 is 21.5 Å². The van der Waals surface area contributed by atoms with Crippen LogP contribution in [0.2, 0.25) is 0 Å². The summed E-state index contributed by atoms with van der Waals surface area (Å²) in [5.41, 5.74) is 5.04. The Kier molecular flexibility index (Phi) is 8.11. The molecule has 0 saturated heterocycles. The zero-order chi connectivity index (χ0) is 14.1. The Bertz CT molecular complexity index is 267. The molecule has 0 aromatic rings. The van der Waals surface area contributed by atoms with Crippen LogP contribution in [0.15, 0.2) is 0 Å².